The van der Waals surface area contributed by atoms with Gasteiger partial charge in [0.2, 0.25) is 0 Å². The number of hydrogen-bond donors (Lipinski definition) is 2. The number of anilines is 2. The maximum absolute atomic E-state index is 12.4. The Hall–Kier alpha value is -3.42. The Bertz CT molecular complexity index is 901. The van der Waals surface area contributed by atoms with Gasteiger partial charge in [0.05, 0.1) is 10.5 Å². The monoisotopic (exact) mass is 371 g/mol. The number of carbonyl (C=O) groups excluding carboxylic acids is 2. The van der Waals surface area contributed by atoms with Gasteiger partial charge in [0.15, 0.2) is 6.10 Å². The van der Waals surface area contributed by atoms with Crippen LogP contribution in [0.1, 0.15) is 34.0 Å². The van der Waals surface area contributed by atoms with Crippen LogP contribution in [-0.2, 0) is 9.53 Å². The number of rotatable bonds is 5. The summed E-state index contributed by atoms with van der Waals surface area (Å²) >= 11 is 0. The first-order valence-corrected chi connectivity index (χ1v) is 8.23. The fourth-order valence-electron chi connectivity index (χ4n) is 2.71. The van der Waals surface area contributed by atoms with Gasteiger partial charge in [0, 0.05) is 23.5 Å². The molecule has 0 aliphatic carbocycles. The second-order valence-corrected chi connectivity index (χ2v) is 6.34. The summed E-state index contributed by atoms with van der Waals surface area (Å²) in [6.07, 6.45) is -1.11. The van der Waals surface area contributed by atoms with Gasteiger partial charge in [-0.1, -0.05) is 17.7 Å². The van der Waals surface area contributed by atoms with E-state index in [1.807, 2.05) is 32.9 Å². The standard InChI is InChI=1S/C19H21N3O5/c1-10-7-11(2)17(12(3)8-10)21-18(23)13(4)27-19(24)15-9-14(22(25)26)5-6-16(15)20/h5-9,13H,20H2,1-4H3,(H,21,23)/t13-/m1/s1. The molecule has 0 fully saturated rings. The number of nitrogens with two attached hydrogens (primary N) is 1. The summed E-state index contributed by atoms with van der Waals surface area (Å²) in [4.78, 5) is 34.9. The van der Waals surface area contributed by atoms with Crippen molar-refractivity contribution in [2.75, 3.05) is 11.1 Å². The zero-order valence-electron chi connectivity index (χ0n) is 15.5. The lowest BCUT2D eigenvalue weighted by Gasteiger charge is -2.17. The van der Waals surface area contributed by atoms with Gasteiger partial charge in [0.1, 0.15) is 0 Å². The third-order valence-corrected chi connectivity index (χ3v) is 4.05. The average Bonchev–Trinajstić information content (AvgIpc) is 2.57. The third-order valence-electron chi connectivity index (χ3n) is 4.05. The number of non-ortho nitro benzene ring substituents is 1. The van der Waals surface area contributed by atoms with Crippen LogP contribution in [0, 0.1) is 30.9 Å². The lowest BCUT2D eigenvalue weighted by atomic mass is 10.0. The first-order chi connectivity index (χ1) is 12.6. The van der Waals surface area contributed by atoms with Gasteiger partial charge in [-0.3, -0.25) is 14.9 Å². The van der Waals surface area contributed by atoms with Crippen molar-refractivity contribution in [1.29, 1.82) is 0 Å². The zero-order chi connectivity index (χ0) is 20.3. The highest BCUT2D eigenvalue weighted by molar-refractivity contribution is 6.00. The van der Waals surface area contributed by atoms with Gasteiger partial charge in [-0.25, -0.2) is 4.79 Å². The number of nitrogens with zero attached hydrogens (tertiary/aromatic N) is 1. The van der Waals surface area contributed by atoms with Crippen molar-refractivity contribution in [1.82, 2.24) is 0 Å². The number of benzene rings is 2. The van der Waals surface area contributed by atoms with E-state index in [4.69, 9.17) is 10.5 Å². The van der Waals surface area contributed by atoms with E-state index in [0.29, 0.717) is 5.69 Å². The Morgan fingerprint density at radius 2 is 1.74 bits per heavy atom. The molecule has 8 nitrogen and oxygen atoms in total. The van der Waals surface area contributed by atoms with Crippen molar-refractivity contribution < 1.29 is 19.2 Å². The maximum atomic E-state index is 12.4. The van der Waals surface area contributed by atoms with E-state index < -0.39 is 22.9 Å². The topological polar surface area (TPSA) is 125 Å². The Labute approximate surface area is 156 Å². The number of nitrogens with one attached hydrogen (secondary N) is 1. The number of nitro benzene ring substituents is 1. The van der Waals surface area contributed by atoms with Crippen molar-refractivity contribution in [3.63, 3.8) is 0 Å². The number of amides is 1. The maximum Gasteiger partial charge on any atom is 0.341 e. The van der Waals surface area contributed by atoms with Crippen LogP contribution in [-0.4, -0.2) is 22.9 Å². The van der Waals surface area contributed by atoms with Crippen LogP contribution in [0.4, 0.5) is 17.1 Å². The number of nitrogen functional groups attached to an aromatic ring is 1. The van der Waals surface area contributed by atoms with Gasteiger partial charge in [-0.05, 0) is 44.9 Å². The van der Waals surface area contributed by atoms with Crippen LogP contribution < -0.4 is 11.1 Å². The molecule has 0 spiro atoms. The molecule has 0 radical (unpaired) electrons. The summed E-state index contributed by atoms with van der Waals surface area (Å²) in [7, 11) is 0. The summed E-state index contributed by atoms with van der Waals surface area (Å²) in [6, 6.07) is 7.33. The second-order valence-electron chi connectivity index (χ2n) is 6.34. The summed E-state index contributed by atoms with van der Waals surface area (Å²) < 4.78 is 5.14. The number of carbonyl (C=O) groups is 2. The molecule has 0 bridgehead atoms. The fourth-order valence-corrected chi connectivity index (χ4v) is 2.71. The summed E-state index contributed by atoms with van der Waals surface area (Å²) in [6.45, 7) is 7.12. The third kappa shape index (κ3) is 4.60. The predicted molar refractivity (Wildman–Crippen MR) is 102 cm³/mol. The van der Waals surface area contributed by atoms with Gasteiger partial charge < -0.3 is 15.8 Å². The van der Waals surface area contributed by atoms with Crippen LogP contribution in [0.25, 0.3) is 0 Å². The molecule has 2 aromatic rings. The van der Waals surface area contributed by atoms with E-state index in [0.717, 1.165) is 22.8 Å². The van der Waals surface area contributed by atoms with Crippen LogP contribution in [0.3, 0.4) is 0 Å². The van der Waals surface area contributed by atoms with Crippen molar-refractivity contribution >= 4 is 28.9 Å². The first-order valence-electron chi connectivity index (χ1n) is 8.23. The molecule has 0 aliphatic rings. The Kier molecular flexibility index (Phi) is 5.79. The molecule has 3 N–H and O–H groups in total. The number of esters is 1. The lowest BCUT2D eigenvalue weighted by Crippen LogP contribution is -2.30. The van der Waals surface area contributed by atoms with Crippen LogP contribution in [0.5, 0.6) is 0 Å². The van der Waals surface area contributed by atoms with E-state index >= 15 is 0 Å². The Morgan fingerprint density at radius 3 is 2.30 bits per heavy atom. The summed E-state index contributed by atoms with van der Waals surface area (Å²) in [5.74, 6) is -1.42. The van der Waals surface area contributed by atoms with E-state index in [9.17, 15) is 19.7 Å². The van der Waals surface area contributed by atoms with E-state index in [1.54, 1.807) is 0 Å². The van der Waals surface area contributed by atoms with Crippen molar-refractivity contribution in [3.05, 3.63) is 62.7 Å². The Balaban J connectivity index is 2.14. The highest BCUT2D eigenvalue weighted by Crippen LogP contribution is 2.23. The van der Waals surface area contributed by atoms with Crippen LogP contribution in [0.2, 0.25) is 0 Å². The molecular weight excluding hydrogens is 350 g/mol. The van der Waals surface area contributed by atoms with Crippen molar-refractivity contribution in [2.24, 2.45) is 0 Å². The van der Waals surface area contributed by atoms with Gasteiger partial charge >= 0.3 is 5.97 Å². The molecule has 2 aromatic carbocycles. The molecule has 142 valence electrons. The SMILES string of the molecule is Cc1cc(C)c(NC(=O)[C@@H](C)OC(=O)c2cc([N+](=O)[O-])ccc2N)c(C)c1. The van der Waals surface area contributed by atoms with Gasteiger partial charge in [-0.2, -0.15) is 0 Å². The molecule has 2 rings (SSSR count). The number of ether oxygens (including phenoxy) is 1. The lowest BCUT2D eigenvalue weighted by molar-refractivity contribution is -0.384. The van der Waals surface area contributed by atoms with E-state index in [2.05, 4.69) is 5.32 Å². The molecule has 8 heteroatoms. The molecule has 0 aromatic heterocycles. The summed E-state index contributed by atoms with van der Waals surface area (Å²) in [5, 5.41) is 13.6. The highest BCUT2D eigenvalue weighted by Gasteiger charge is 2.23. The fraction of sp³-hybridized carbons (Fsp3) is 0.263. The van der Waals surface area contributed by atoms with Gasteiger partial charge in [-0.15, -0.1) is 0 Å². The number of aryl methyl sites for hydroxylation is 3. The molecule has 0 unspecified atom stereocenters. The van der Waals surface area contributed by atoms with Crippen LogP contribution >= 0.6 is 0 Å². The van der Waals surface area contributed by atoms with E-state index in [-0.39, 0.29) is 16.9 Å². The van der Waals surface area contributed by atoms with Crippen LogP contribution in [0.15, 0.2) is 30.3 Å². The highest BCUT2D eigenvalue weighted by atomic mass is 16.6. The van der Waals surface area contributed by atoms with Crippen molar-refractivity contribution in [2.45, 2.75) is 33.8 Å². The Morgan fingerprint density at radius 1 is 1.15 bits per heavy atom. The minimum absolute atomic E-state index is 0.0310. The number of nitro groups is 1. The molecule has 1 atom stereocenters. The molecule has 0 aliphatic heterocycles. The molecular formula is C19H21N3O5. The normalized spacial score (nSPS) is 11.6. The molecule has 27 heavy (non-hydrogen) atoms. The van der Waals surface area contributed by atoms with Gasteiger partial charge in [0.25, 0.3) is 11.6 Å². The smallest absolute Gasteiger partial charge is 0.341 e. The second kappa shape index (κ2) is 7.86. The molecule has 0 saturated heterocycles. The first kappa shape index (κ1) is 19.9. The quantitative estimate of drug-likeness (QED) is 0.360. The minimum Gasteiger partial charge on any atom is -0.449 e. The molecule has 0 heterocycles. The van der Waals surface area contributed by atoms with Crippen molar-refractivity contribution in [3.8, 4) is 0 Å². The largest absolute Gasteiger partial charge is 0.449 e. The molecule has 1 amide bonds. The predicted octanol–water partition coefficient (Wildman–Crippen LogP) is 3.29. The zero-order valence-corrected chi connectivity index (χ0v) is 15.5. The van der Waals surface area contributed by atoms with E-state index in [1.165, 1.54) is 19.1 Å². The minimum atomic E-state index is -1.11. The molecule has 0 saturated carbocycles. The number of hydrogen-bond acceptors (Lipinski definition) is 6. The average molecular weight is 371 g/mol. The summed E-state index contributed by atoms with van der Waals surface area (Å²) in [5.41, 5.74) is 8.78.